The molecule has 0 saturated carbocycles. The van der Waals surface area contributed by atoms with Crippen molar-refractivity contribution in [1.29, 1.82) is 0 Å². The van der Waals surface area contributed by atoms with E-state index in [1.54, 1.807) is 18.5 Å². The fourth-order valence-electron chi connectivity index (χ4n) is 2.53. The Labute approximate surface area is 139 Å². The molecule has 1 aliphatic rings. The van der Waals surface area contributed by atoms with Crippen molar-refractivity contribution in [3.8, 4) is 5.75 Å². The molecule has 0 amide bonds. The Balaban J connectivity index is 1.49. The molecule has 2 N–H and O–H groups in total. The highest BCUT2D eigenvalue weighted by Crippen LogP contribution is 2.24. The summed E-state index contributed by atoms with van der Waals surface area (Å²) in [7, 11) is 0. The van der Waals surface area contributed by atoms with Gasteiger partial charge < -0.3 is 19.9 Å². The lowest BCUT2D eigenvalue weighted by atomic mass is 10.1. The van der Waals surface area contributed by atoms with Crippen LogP contribution in [0.3, 0.4) is 0 Å². The predicted octanol–water partition coefficient (Wildman–Crippen LogP) is 2.17. The summed E-state index contributed by atoms with van der Waals surface area (Å²) in [5.74, 6) is 0.643. The second-order valence-electron chi connectivity index (χ2n) is 5.50. The number of anilines is 1. The van der Waals surface area contributed by atoms with Gasteiger partial charge in [0.05, 0.1) is 24.4 Å². The number of ether oxygens (including phenoxy) is 2. The van der Waals surface area contributed by atoms with Crippen molar-refractivity contribution in [2.24, 2.45) is 0 Å². The summed E-state index contributed by atoms with van der Waals surface area (Å²) < 4.78 is 10.9. The molecular formula is C17H19N3O4. The number of nitrogens with zero attached hydrogens (tertiary/aromatic N) is 2. The summed E-state index contributed by atoms with van der Waals surface area (Å²) in [4.78, 5) is 19.4. The van der Waals surface area contributed by atoms with Gasteiger partial charge in [-0.1, -0.05) is 6.07 Å². The van der Waals surface area contributed by atoms with E-state index in [1.807, 2.05) is 6.07 Å². The average molecular weight is 329 g/mol. The number of aromatic carboxylic acids is 1. The molecule has 1 atom stereocenters. The van der Waals surface area contributed by atoms with Gasteiger partial charge >= 0.3 is 5.97 Å². The Hall–Kier alpha value is -2.67. The highest BCUT2D eigenvalue weighted by atomic mass is 16.5. The van der Waals surface area contributed by atoms with Gasteiger partial charge in [0, 0.05) is 18.6 Å². The number of hydrogen-bond acceptors (Lipinski definition) is 6. The molecule has 7 heteroatoms. The van der Waals surface area contributed by atoms with Crippen molar-refractivity contribution >= 4 is 11.8 Å². The Morgan fingerprint density at radius 2 is 2.29 bits per heavy atom. The van der Waals surface area contributed by atoms with E-state index in [-0.39, 0.29) is 5.56 Å². The van der Waals surface area contributed by atoms with E-state index in [1.165, 1.54) is 12.1 Å². The number of benzene rings is 1. The summed E-state index contributed by atoms with van der Waals surface area (Å²) in [5.41, 5.74) is 1.19. The zero-order valence-electron chi connectivity index (χ0n) is 13.1. The van der Waals surface area contributed by atoms with Gasteiger partial charge in [-0.2, -0.15) is 0 Å². The van der Waals surface area contributed by atoms with Gasteiger partial charge in [0.2, 0.25) is 0 Å². The van der Waals surface area contributed by atoms with Gasteiger partial charge in [-0.25, -0.2) is 14.8 Å². The molecule has 1 aliphatic heterocycles. The van der Waals surface area contributed by atoms with Crippen molar-refractivity contribution in [3.63, 3.8) is 0 Å². The van der Waals surface area contributed by atoms with Crippen LogP contribution in [0, 0.1) is 0 Å². The minimum Gasteiger partial charge on any atom is -0.492 e. The molecule has 2 heterocycles. The molecule has 0 spiro atoms. The molecule has 7 nitrogen and oxygen atoms in total. The molecule has 0 radical (unpaired) electrons. The molecule has 3 rings (SSSR count). The Kier molecular flexibility index (Phi) is 5.22. The van der Waals surface area contributed by atoms with Crippen LogP contribution in [0.5, 0.6) is 5.75 Å². The highest BCUT2D eigenvalue weighted by molar-refractivity contribution is 5.87. The predicted molar refractivity (Wildman–Crippen MR) is 87.6 cm³/mol. The van der Waals surface area contributed by atoms with Crippen LogP contribution in [0.25, 0.3) is 0 Å². The lowest BCUT2D eigenvalue weighted by Crippen LogP contribution is -2.13. The lowest BCUT2D eigenvalue weighted by Gasteiger charge is -2.11. The second kappa shape index (κ2) is 7.74. The van der Waals surface area contributed by atoms with Gasteiger partial charge in [0.25, 0.3) is 0 Å². The number of carboxylic acid groups (broad SMARTS) is 1. The van der Waals surface area contributed by atoms with E-state index in [0.717, 1.165) is 24.5 Å². The summed E-state index contributed by atoms with van der Waals surface area (Å²) in [6.45, 7) is 2.43. The second-order valence-corrected chi connectivity index (χ2v) is 5.50. The van der Waals surface area contributed by atoms with Crippen LogP contribution >= 0.6 is 0 Å². The number of carbonyl (C=O) groups is 1. The van der Waals surface area contributed by atoms with Crippen LogP contribution in [-0.2, 0) is 4.74 Å². The molecule has 2 aromatic rings. The van der Waals surface area contributed by atoms with Crippen molar-refractivity contribution in [2.45, 2.75) is 12.3 Å². The van der Waals surface area contributed by atoms with Gasteiger partial charge in [-0.15, -0.1) is 0 Å². The largest absolute Gasteiger partial charge is 0.492 e. The average Bonchev–Trinajstić information content (AvgIpc) is 3.14. The van der Waals surface area contributed by atoms with Gasteiger partial charge in [-0.05, 0) is 24.6 Å². The van der Waals surface area contributed by atoms with Crippen molar-refractivity contribution < 1.29 is 19.4 Å². The maximum absolute atomic E-state index is 10.9. The van der Waals surface area contributed by atoms with Crippen LogP contribution in [-0.4, -0.2) is 47.4 Å². The Morgan fingerprint density at radius 1 is 1.38 bits per heavy atom. The molecule has 1 saturated heterocycles. The standard InChI is InChI=1S/C17H19N3O4/c21-17(22)12-2-1-3-14(8-12)24-7-5-18-16-9-15(19-11-20-16)13-4-6-23-10-13/h1-3,8-9,11,13H,4-7,10H2,(H,21,22)(H,18,19,20)/t13-/m0/s1. The first kappa shape index (κ1) is 16.2. The Bertz CT molecular complexity index is 702. The number of hydrogen-bond donors (Lipinski definition) is 2. The molecule has 1 aromatic heterocycles. The monoisotopic (exact) mass is 329 g/mol. The maximum Gasteiger partial charge on any atom is 0.335 e. The quantitative estimate of drug-likeness (QED) is 0.752. The third-order valence-corrected chi connectivity index (χ3v) is 3.79. The molecule has 0 bridgehead atoms. The lowest BCUT2D eigenvalue weighted by molar-refractivity contribution is 0.0696. The number of aromatic nitrogens is 2. The fourth-order valence-corrected chi connectivity index (χ4v) is 2.53. The highest BCUT2D eigenvalue weighted by Gasteiger charge is 2.19. The van der Waals surface area contributed by atoms with E-state index in [9.17, 15) is 4.79 Å². The molecular weight excluding hydrogens is 310 g/mol. The third kappa shape index (κ3) is 4.20. The first-order valence-electron chi connectivity index (χ1n) is 7.82. The molecule has 126 valence electrons. The van der Waals surface area contributed by atoms with Crippen LogP contribution in [0.2, 0.25) is 0 Å². The normalized spacial score (nSPS) is 16.8. The fraction of sp³-hybridized carbons (Fsp3) is 0.353. The first-order chi connectivity index (χ1) is 11.7. The van der Waals surface area contributed by atoms with Gasteiger partial charge in [-0.3, -0.25) is 0 Å². The van der Waals surface area contributed by atoms with E-state index >= 15 is 0 Å². The van der Waals surface area contributed by atoms with Crippen LogP contribution in [0.4, 0.5) is 5.82 Å². The summed E-state index contributed by atoms with van der Waals surface area (Å²) >= 11 is 0. The van der Waals surface area contributed by atoms with Gasteiger partial charge in [0.15, 0.2) is 0 Å². The molecule has 0 unspecified atom stereocenters. The minimum atomic E-state index is -0.969. The van der Waals surface area contributed by atoms with Crippen LogP contribution in [0.15, 0.2) is 36.7 Å². The first-order valence-corrected chi connectivity index (χ1v) is 7.82. The number of rotatable bonds is 7. The van der Waals surface area contributed by atoms with Crippen LogP contribution in [0.1, 0.15) is 28.4 Å². The summed E-state index contributed by atoms with van der Waals surface area (Å²) in [5, 5.41) is 12.1. The number of nitrogens with one attached hydrogen (secondary N) is 1. The summed E-state index contributed by atoms with van der Waals surface area (Å²) in [6, 6.07) is 8.36. The topological polar surface area (TPSA) is 93.6 Å². The van der Waals surface area contributed by atoms with Gasteiger partial charge in [0.1, 0.15) is 24.5 Å². The molecule has 24 heavy (non-hydrogen) atoms. The van der Waals surface area contributed by atoms with E-state index in [2.05, 4.69) is 15.3 Å². The van der Waals surface area contributed by atoms with E-state index < -0.39 is 5.97 Å². The zero-order chi connectivity index (χ0) is 16.8. The molecule has 0 aliphatic carbocycles. The maximum atomic E-state index is 10.9. The van der Waals surface area contributed by atoms with E-state index in [4.69, 9.17) is 14.6 Å². The third-order valence-electron chi connectivity index (χ3n) is 3.79. The number of carboxylic acids is 1. The van der Waals surface area contributed by atoms with E-state index in [0.29, 0.717) is 31.4 Å². The Morgan fingerprint density at radius 3 is 3.08 bits per heavy atom. The van der Waals surface area contributed by atoms with Crippen molar-refractivity contribution in [2.75, 3.05) is 31.7 Å². The smallest absolute Gasteiger partial charge is 0.335 e. The minimum absolute atomic E-state index is 0.208. The molecule has 1 fully saturated rings. The zero-order valence-corrected chi connectivity index (χ0v) is 13.1. The summed E-state index contributed by atoms with van der Waals surface area (Å²) in [6.07, 6.45) is 2.53. The van der Waals surface area contributed by atoms with Crippen molar-refractivity contribution in [3.05, 3.63) is 47.9 Å². The van der Waals surface area contributed by atoms with Crippen molar-refractivity contribution in [1.82, 2.24) is 9.97 Å². The van der Waals surface area contributed by atoms with Crippen LogP contribution < -0.4 is 10.1 Å². The molecule has 1 aromatic carbocycles. The SMILES string of the molecule is O=C(O)c1cccc(OCCNc2cc([C@H]3CCOC3)ncn2)c1.